The van der Waals surface area contributed by atoms with E-state index in [1.807, 2.05) is 0 Å². The molecule has 3 rings (SSSR count). The molecular weight excluding hydrogens is 332 g/mol. The predicted molar refractivity (Wildman–Crippen MR) is 98.5 cm³/mol. The Morgan fingerprint density at radius 3 is 2.54 bits per heavy atom. The lowest BCUT2D eigenvalue weighted by Crippen LogP contribution is -2.47. The molecule has 1 N–H and O–H groups in total. The van der Waals surface area contributed by atoms with Gasteiger partial charge in [-0.1, -0.05) is 0 Å². The summed E-state index contributed by atoms with van der Waals surface area (Å²) in [6.45, 7) is 5.43. The van der Waals surface area contributed by atoms with E-state index in [1.165, 1.54) is 19.8 Å². The molecule has 2 aliphatic rings. The fraction of sp³-hybridized carbons (Fsp3) is 0.600. The molecule has 6 heteroatoms. The molecule has 0 radical (unpaired) electrons. The zero-order chi connectivity index (χ0) is 18.4. The summed E-state index contributed by atoms with van der Waals surface area (Å²) in [4.78, 5) is 25.8. The Labute approximate surface area is 154 Å². The van der Waals surface area contributed by atoms with E-state index in [0.29, 0.717) is 17.4 Å². The second-order valence-corrected chi connectivity index (χ2v) is 7.15. The number of nitrogens with one attached hydrogen (secondary N) is 1. The van der Waals surface area contributed by atoms with Gasteiger partial charge in [-0.2, -0.15) is 0 Å². The van der Waals surface area contributed by atoms with E-state index in [1.54, 1.807) is 24.3 Å². The molecule has 1 aromatic carbocycles. The molecule has 26 heavy (non-hydrogen) atoms. The van der Waals surface area contributed by atoms with Gasteiger partial charge in [0.2, 0.25) is 0 Å². The molecule has 2 saturated heterocycles. The Morgan fingerprint density at radius 2 is 1.92 bits per heavy atom. The molecule has 0 saturated carbocycles. The highest BCUT2D eigenvalue weighted by atomic mass is 16.5. The average molecular weight is 360 g/mol. The highest BCUT2D eigenvalue weighted by Crippen LogP contribution is 2.17. The molecular formula is C20H28N2O4. The van der Waals surface area contributed by atoms with Crippen LogP contribution in [0.4, 0.5) is 0 Å². The summed E-state index contributed by atoms with van der Waals surface area (Å²) in [6, 6.07) is 7.06. The molecule has 0 bridgehead atoms. The monoisotopic (exact) mass is 360 g/mol. The van der Waals surface area contributed by atoms with Crippen molar-refractivity contribution in [3.8, 4) is 5.75 Å². The highest BCUT2D eigenvalue weighted by molar-refractivity contribution is 5.94. The minimum atomic E-state index is -0.0989. The van der Waals surface area contributed by atoms with Crippen molar-refractivity contribution in [1.82, 2.24) is 10.2 Å². The second-order valence-electron chi connectivity index (χ2n) is 7.15. The first-order valence-electron chi connectivity index (χ1n) is 9.47. The number of rotatable bonds is 7. The quantitative estimate of drug-likeness (QED) is 0.754. The van der Waals surface area contributed by atoms with Gasteiger partial charge in [-0.3, -0.25) is 9.59 Å². The Balaban J connectivity index is 1.34. The molecule has 2 fully saturated rings. The van der Waals surface area contributed by atoms with Crippen LogP contribution in [0.3, 0.4) is 0 Å². The van der Waals surface area contributed by atoms with Crippen LogP contribution >= 0.6 is 0 Å². The van der Waals surface area contributed by atoms with Gasteiger partial charge < -0.3 is 19.7 Å². The first kappa shape index (κ1) is 18.9. The van der Waals surface area contributed by atoms with E-state index < -0.39 is 0 Å². The molecule has 2 heterocycles. The van der Waals surface area contributed by atoms with Crippen LogP contribution in [0.25, 0.3) is 0 Å². The van der Waals surface area contributed by atoms with Crippen LogP contribution in [0.2, 0.25) is 0 Å². The van der Waals surface area contributed by atoms with Gasteiger partial charge in [0.05, 0.1) is 6.10 Å². The van der Waals surface area contributed by atoms with E-state index >= 15 is 0 Å². The molecule has 1 aromatic rings. The highest BCUT2D eigenvalue weighted by Gasteiger charge is 2.24. The van der Waals surface area contributed by atoms with Crippen LogP contribution in [0.1, 0.15) is 43.0 Å². The number of benzene rings is 1. The molecule has 1 atom stereocenters. The fourth-order valence-corrected chi connectivity index (χ4v) is 3.54. The fourth-order valence-electron chi connectivity index (χ4n) is 3.54. The van der Waals surface area contributed by atoms with Crippen molar-refractivity contribution < 1.29 is 19.1 Å². The summed E-state index contributed by atoms with van der Waals surface area (Å²) >= 11 is 0. The molecule has 0 aromatic heterocycles. The van der Waals surface area contributed by atoms with Crippen molar-refractivity contribution in [1.29, 1.82) is 0 Å². The third-order valence-electron chi connectivity index (χ3n) is 5.07. The molecule has 0 aliphatic carbocycles. The summed E-state index contributed by atoms with van der Waals surface area (Å²) in [5.41, 5.74) is 0.636. The molecule has 1 amide bonds. The third-order valence-corrected chi connectivity index (χ3v) is 5.07. The van der Waals surface area contributed by atoms with Gasteiger partial charge in [-0.25, -0.2) is 0 Å². The standard InChI is InChI=1S/C20H28N2O4/c1-15(23)16-4-6-18(7-5-16)26-14-20(24)21-17-8-10-22(11-9-17)13-19-3-2-12-25-19/h4-7,17,19H,2-3,8-14H2,1H3,(H,21,24). The summed E-state index contributed by atoms with van der Waals surface area (Å²) in [6.07, 6.45) is 4.66. The molecule has 6 nitrogen and oxygen atoms in total. The number of amides is 1. The van der Waals surface area contributed by atoms with E-state index in [2.05, 4.69) is 10.2 Å². The maximum atomic E-state index is 12.1. The molecule has 142 valence electrons. The zero-order valence-electron chi connectivity index (χ0n) is 15.4. The Bertz CT molecular complexity index is 603. The maximum absolute atomic E-state index is 12.1. The first-order chi connectivity index (χ1) is 12.6. The number of Topliss-reactive ketones (excluding diaryl/α,β-unsaturated/α-hetero) is 1. The van der Waals surface area contributed by atoms with Crippen molar-refractivity contribution in [3.05, 3.63) is 29.8 Å². The van der Waals surface area contributed by atoms with Gasteiger partial charge in [-0.15, -0.1) is 0 Å². The van der Waals surface area contributed by atoms with Crippen molar-refractivity contribution in [2.24, 2.45) is 0 Å². The van der Waals surface area contributed by atoms with E-state index in [9.17, 15) is 9.59 Å². The molecule has 0 spiro atoms. The minimum Gasteiger partial charge on any atom is -0.484 e. The van der Waals surface area contributed by atoms with Crippen LogP contribution in [-0.4, -0.2) is 61.6 Å². The topological polar surface area (TPSA) is 67.9 Å². The lowest BCUT2D eigenvalue weighted by molar-refractivity contribution is -0.124. The summed E-state index contributed by atoms with van der Waals surface area (Å²) < 4.78 is 11.2. The predicted octanol–water partition coefficient (Wildman–Crippen LogP) is 2.03. The lowest BCUT2D eigenvalue weighted by Gasteiger charge is -2.33. The number of ketones is 1. The normalized spacial score (nSPS) is 21.5. The maximum Gasteiger partial charge on any atom is 0.258 e. The van der Waals surface area contributed by atoms with Crippen molar-refractivity contribution in [2.75, 3.05) is 32.8 Å². The van der Waals surface area contributed by atoms with Crippen LogP contribution in [0, 0.1) is 0 Å². The van der Waals surface area contributed by atoms with Gasteiger partial charge in [0.1, 0.15) is 5.75 Å². The largest absolute Gasteiger partial charge is 0.484 e. The molecule has 2 aliphatic heterocycles. The van der Waals surface area contributed by atoms with Crippen LogP contribution in [0.15, 0.2) is 24.3 Å². The van der Waals surface area contributed by atoms with Crippen molar-refractivity contribution in [2.45, 2.75) is 44.8 Å². The summed E-state index contributed by atoms with van der Waals surface area (Å²) in [7, 11) is 0. The lowest BCUT2D eigenvalue weighted by atomic mass is 10.0. The Hall–Kier alpha value is -1.92. The SMILES string of the molecule is CC(=O)c1ccc(OCC(=O)NC2CCN(CC3CCCO3)CC2)cc1. The summed E-state index contributed by atoms with van der Waals surface area (Å²) in [5, 5.41) is 3.06. The number of hydrogen-bond acceptors (Lipinski definition) is 5. The average Bonchev–Trinajstić information content (AvgIpc) is 3.15. The summed E-state index contributed by atoms with van der Waals surface area (Å²) in [5.74, 6) is 0.509. The van der Waals surface area contributed by atoms with Gasteiger partial charge in [0.15, 0.2) is 12.4 Å². The van der Waals surface area contributed by atoms with Crippen molar-refractivity contribution >= 4 is 11.7 Å². The van der Waals surface area contributed by atoms with Gasteiger partial charge in [0, 0.05) is 37.8 Å². The Morgan fingerprint density at radius 1 is 1.19 bits per heavy atom. The van der Waals surface area contributed by atoms with Gasteiger partial charge in [-0.05, 0) is 56.9 Å². The van der Waals surface area contributed by atoms with E-state index in [-0.39, 0.29) is 24.3 Å². The first-order valence-corrected chi connectivity index (χ1v) is 9.47. The number of likely N-dealkylation sites (tertiary alicyclic amines) is 1. The smallest absolute Gasteiger partial charge is 0.258 e. The van der Waals surface area contributed by atoms with E-state index in [4.69, 9.17) is 9.47 Å². The number of carbonyl (C=O) groups excluding carboxylic acids is 2. The van der Waals surface area contributed by atoms with Gasteiger partial charge >= 0.3 is 0 Å². The van der Waals surface area contributed by atoms with Gasteiger partial charge in [0.25, 0.3) is 5.91 Å². The van der Waals surface area contributed by atoms with Crippen LogP contribution in [-0.2, 0) is 9.53 Å². The minimum absolute atomic E-state index is 0.00442. The number of hydrogen-bond donors (Lipinski definition) is 1. The van der Waals surface area contributed by atoms with Crippen LogP contribution in [0.5, 0.6) is 5.75 Å². The molecule has 1 unspecified atom stereocenters. The number of carbonyl (C=O) groups is 2. The zero-order valence-corrected chi connectivity index (χ0v) is 15.4. The van der Waals surface area contributed by atoms with Crippen LogP contribution < -0.4 is 10.1 Å². The van der Waals surface area contributed by atoms with E-state index in [0.717, 1.165) is 39.1 Å². The number of ether oxygens (including phenoxy) is 2. The Kier molecular flexibility index (Phi) is 6.63. The second kappa shape index (κ2) is 9.14. The van der Waals surface area contributed by atoms with Crippen molar-refractivity contribution in [3.63, 3.8) is 0 Å². The number of nitrogens with zero attached hydrogens (tertiary/aromatic N) is 1. The number of piperidine rings is 1. The third kappa shape index (κ3) is 5.54.